The zero-order chi connectivity index (χ0) is 25.3. The second-order valence-electron chi connectivity index (χ2n) is 10.4. The summed E-state index contributed by atoms with van der Waals surface area (Å²) in [7, 11) is -1.81. The average molecular weight is 479 g/mol. The lowest BCUT2D eigenvalue weighted by Gasteiger charge is -2.28. The Morgan fingerprint density at radius 2 is 2.11 bits per heavy atom. The molecule has 4 rings (SSSR count). The van der Waals surface area contributed by atoms with Crippen molar-refractivity contribution < 1.29 is 28.8 Å². The van der Waals surface area contributed by atoms with Crippen LogP contribution >= 0.6 is 0 Å². The summed E-state index contributed by atoms with van der Waals surface area (Å²) in [5.41, 5.74) is 1.15. The van der Waals surface area contributed by atoms with Gasteiger partial charge in [-0.3, -0.25) is 4.79 Å². The fourth-order valence-electron chi connectivity index (χ4n) is 4.73. The minimum atomic E-state index is -1.81. The number of furan rings is 1. The number of hydrogen-bond acceptors (Lipinski definition) is 6. The number of nitrogens with one attached hydrogen (secondary N) is 1. The number of nitrogens with zero attached hydrogens (tertiary/aromatic N) is 2. The highest BCUT2D eigenvalue weighted by atomic mass is 16.5. The van der Waals surface area contributed by atoms with Crippen LogP contribution in [-0.4, -0.2) is 59.2 Å². The van der Waals surface area contributed by atoms with Crippen molar-refractivity contribution in [2.45, 2.75) is 45.6 Å². The van der Waals surface area contributed by atoms with E-state index in [1.54, 1.807) is 17.0 Å². The molecule has 2 aromatic rings. The molecule has 4 atom stereocenters. The second kappa shape index (κ2) is 9.76. The SMILES string of the molecule is [C-]#[N+]C(=CC(C)(C)C)C(=O)N1C[C@@H]2C[C@@H]2[C@@H]1COC(=O)N[C@@H](Cc1coc2ccccc12)B(O)O. The van der Waals surface area contributed by atoms with Crippen LogP contribution in [0, 0.1) is 23.8 Å². The Balaban J connectivity index is 1.38. The molecule has 2 aliphatic rings. The second-order valence-corrected chi connectivity index (χ2v) is 10.4. The summed E-state index contributed by atoms with van der Waals surface area (Å²) in [4.78, 5) is 30.7. The lowest BCUT2D eigenvalue weighted by Crippen LogP contribution is -2.49. The van der Waals surface area contributed by atoms with E-state index in [-0.39, 0.29) is 42.0 Å². The first-order chi connectivity index (χ1) is 16.6. The molecule has 0 spiro atoms. The number of likely N-dealkylation sites (tertiary alicyclic amines) is 1. The Labute approximate surface area is 204 Å². The molecule has 1 saturated heterocycles. The van der Waals surface area contributed by atoms with Crippen molar-refractivity contribution in [3.63, 3.8) is 0 Å². The first-order valence-corrected chi connectivity index (χ1v) is 11.7. The van der Waals surface area contributed by atoms with Crippen LogP contribution in [0.2, 0.25) is 0 Å². The van der Waals surface area contributed by atoms with Gasteiger partial charge in [-0.1, -0.05) is 45.0 Å². The highest BCUT2D eigenvalue weighted by molar-refractivity contribution is 6.43. The predicted molar refractivity (Wildman–Crippen MR) is 130 cm³/mol. The van der Waals surface area contributed by atoms with E-state index in [2.05, 4.69) is 10.2 Å². The molecule has 0 unspecified atom stereocenters. The Morgan fingerprint density at radius 1 is 1.37 bits per heavy atom. The summed E-state index contributed by atoms with van der Waals surface area (Å²) in [6.07, 6.45) is 3.49. The highest BCUT2D eigenvalue weighted by Crippen LogP contribution is 2.50. The molecule has 1 saturated carbocycles. The molecule has 0 bridgehead atoms. The zero-order valence-corrected chi connectivity index (χ0v) is 20.1. The van der Waals surface area contributed by atoms with Crippen molar-refractivity contribution in [1.29, 1.82) is 0 Å². The number of fused-ring (bicyclic) bond motifs is 2. The monoisotopic (exact) mass is 479 g/mol. The number of piperidine rings is 1. The molecule has 10 heteroatoms. The van der Waals surface area contributed by atoms with Gasteiger partial charge < -0.3 is 29.4 Å². The average Bonchev–Trinajstić information content (AvgIpc) is 3.30. The number of carbonyl (C=O) groups is 2. The van der Waals surface area contributed by atoms with Gasteiger partial charge >= 0.3 is 13.2 Å². The van der Waals surface area contributed by atoms with Gasteiger partial charge in [-0.05, 0) is 41.7 Å². The maximum atomic E-state index is 13.0. The molecule has 2 amide bonds. The Kier molecular flexibility index (Phi) is 6.92. The van der Waals surface area contributed by atoms with E-state index < -0.39 is 19.2 Å². The van der Waals surface area contributed by atoms with Gasteiger partial charge in [-0.25, -0.2) is 9.64 Å². The van der Waals surface area contributed by atoms with Crippen molar-refractivity contribution in [1.82, 2.24) is 10.2 Å². The molecule has 1 aliphatic carbocycles. The van der Waals surface area contributed by atoms with Gasteiger partial charge in [-0.15, -0.1) is 0 Å². The molecular formula is C25H30BN3O6. The van der Waals surface area contributed by atoms with Crippen molar-refractivity contribution >= 4 is 30.1 Å². The number of carbonyl (C=O) groups excluding carboxylic acids is 2. The number of para-hydroxylation sites is 1. The molecular weight excluding hydrogens is 449 g/mol. The third-order valence-electron chi connectivity index (χ3n) is 6.52. The summed E-state index contributed by atoms with van der Waals surface area (Å²) in [5, 5.41) is 23.0. The van der Waals surface area contributed by atoms with E-state index in [0.717, 1.165) is 17.4 Å². The van der Waals surface area contributed by atoms with Crippen molar-refractivity contribution in [3.05, 3.63) is 59.3 Å². The van der Waals surface area contributed by atoms with Crippen LogP contribution in [0.15, 0.2) is 46.7 Å². The van der Waals surface area contributed by atoms with Gasteiger partial charge in [0.05, 0.1) is 24.8 Å². The first-order valence-electron chi connectivity index (χ1n) is 11.7. The van der Waals surface area contributed by atoms with Crippen LogP contribution in [-0.2, 0) is 16.0 Å². The molecule has 1 aliphatic heterocycles. The molecule has 35 heavy (non-hydrogen) atoms. The number of benzene rings is 1. The molecule has 2 heterocycles. The number of alkyl carbamates (subject to hydrolysis) is 1. The molecule has 2 fully saturated rings. The number of ether oxygens (including phenoxy) is 1. The third kappa shape index (κ3) is 5.69. The lowest BCUT2D eigenvalue weighted by molar-refractivity contribution is -0.129. The summed E-state index contributed by atoms with van der Waals surface area (Å²) >= 11 is 0. The quantitative estimate of drug-likeness (QED) is 0.320. The van der Waals surface area contributed by atoms with Gasteiger partial charge in [0.15, 0.2) is 0 Å². The van der Waals surface area contributed by atoms with Crippen LogP contribution in [0.4, 0.5) is 4.79 Å². The van der Waals surface area contributed by atoms with Gasteiger partial charge in [0.25, 0.3) is 5.91 Å². The van der Waals surface area contributed by atoms with Crippen molar-refractivity contribution in [2.24, 2.45) is 17.3 Å². The van der Waals surface area contributed by atoms with Crippen LogP contribution < -0.4 is 5.32 Å². The van der Waals surface area contributed by atoms with E-state index in [0.29, 0.717) is 18.0 Å². The molecule has 0 radical (unpaired) electrons. The van der Waals surface area contributed by atoms with E-state index in [1.165, 1.54) is 6.26 Å². The summed E-state index contributed by atoms with van der Waals surface area (Å²) < 4.78 is 10.9. The molecule has 3 N–H and O–H groups in total. The minimum Gasteiger partial charge on any atom is -0.464 e. The lowest BCUT2D eigenvalue weighted by atomic mass is 9.76. The van der Waals surface area contributed by atoms with Crippen LogP contribution in [0.5, 0.6) is 0 Å². The highest BCUT2D eigenvalue weighted by Gasteiger charge is 2.54. The van der Waals surface area contributed by atoms with Crippen LogP contribution in [0.3, 0.4) is 0 Å². The molecule has 9 nitrogen and oxygen atoms in total. The van der Waals surface area contributed by atoms with Crippen molar-refractivity contribution in [2.75, 3.05) is 13.2 Å². The van der Waals surface area contributed by atoms with Crippen molar-refractivity contribution in [3.8, 4) is 0 Å². The molecule has 1 aromatic carbocycles. The topological polar surface area (TPSA) is 117 Å². The minimum absolute atomic E-state index is 0.0254. The van der Waals surface area contributed by atoms with Gasteiger partial charge in [0.1, 0.15) is 12.2 Å². The maximum absolute atomic E-state index is 13.0. The normalized spacial score (nSPS) is 22.3. The largest absolute Gasteiger partial charge is 0.475 e. The maximum Gasteiger partial charge on any atom is 0.475 e. The summed E-state index contributed by atoms with van der Waals surface area (Å²) in [5.74, 6) is -0.753. The Morgan fingerprint density at radius 3 is 2.80 bits per heavy atom. The van der Waals surface area contributed by atoms with E-state index in [9.17, 15) is 19.6 Å². The van der Waals surface area contributed by atoms with Crippen LogP contribution in [0.25, 0.3) is 15.8 Å². The summed E-state index contributed by atoms with van der Waals surface area (Å²) in [6, 6.07) is 7.05. The summed E-state index contributed by atoms with van der Waals surface area (Å²) in [6.45, 7) is 13.7. The molecule has 1 aromatic heterocycles. The van der Waals surface area contributed by atoms with E-state index in [4.69, 9.17) is 15.7 Å². The fourth-order valence-corrected chi connectivity index (χ4v) is 4.73. The van der Waals surface area contributed by atoms with Gasteiger partial charge in [0, 0.05) is 11.9 Å². The third-order valence-corrected chi connectivity index (χ3v) is 6.52. The van der Waals surface area contributed by atoms with Gasteiger partial charge in [-0.2, -0.15) is 0 Å². The van der Waals surface area contributed by atoms with E-state index >= 15 is 0 Å². The number of allylic oxidation sites excluding steroid dienone is 1. The Bertz CT molecular complexity index is 1180. The number of rotatable bonds is 7. The predicted octanol–water partition coefficient (Wildman–Crippen LogP) is 2.78. The zero-order valence-electron chi connectivity index (χ0n) is 20.1. The number of hydrogen-bond donors (Lipinski definition) is 3. The number of amides is 2. The van der Waals surface area contributed by atoms with Gasteiger partial charge in [0.2, 0.25) is 5.70 Å². The smallest absolute Gasteiger partial charge is 0.464 e. The first kappa shape index (κ1) is 24.8. The fraction of sp³-hybridized carbons (Fsp3) is 0.480. The van der Waals surface area contributed by atoms with E-state index in [1.807, 2.05) is 39.0 Å². The Hall–Kier alpha value is -3.29. The standard InChI is InChI=1S/C25H30BN3O6/c1-25(2,3)11-19(27-4)23(30)29-12-15-9-18(15)20(29)14-35-24(31)28-22(26(32)33)10-16-13-34-21-8-6-5-7-17(16)21/h5-8,11,13,15,18,20,22,32-33H,9-10,12,14H2,1-3H3,(H,28,31)/t15-,18-,20-,22-/m0/s1. The van der Waals surface area contributed by atoms with Crippen LogP contribution in [0.1, 0.15) is 32.8 Å². The molecule has 184 valence electrons.